The highest BCUT2D eigenvalue weighted by Crippen LogP contribution is 1.88. The summed E-state index contributed by atoms with van der Waals surface area (Å²) < 4.78 is 1.97. The summed E-state index contributed by atoms with van der Waals surface area (Å²) in [5.74, 6) is 0. The SMILES string of the molecule is CCCCNCCCn1cccn1. The van der Waals surface area contributed by atoms with E-state index < -0.39 is 0 Å². The molecule has 0 atom stereocenters. The molecule has 0 saturated carbocycles. The maximum Gasteiger partial charge on any atom is 0.0489 e. The van der Waals surface area contributed by atoms with Gasteiger partial charge in [0.05, 0.1) is 0 Å². The lowest BCUT2D eigenvalue weighted by molar-refractivity contribution is 0.537. The molecule has 1 N–H and O–H groups in total. The zero-order valence-corrected chi connectivity index (χ0v) is 8.37. The molecule has 3 nitrogen and oxygen atoms in total. The summed E-state index contributed by atoms with van der Waals surface area (Å²) in [6.07, 6.45) is 7.54. The third-order valence-corrected chi connectivity index (χ3v) is 2.01. The van der Waals surface area contributed by atoms with E-state index in [0.717, 1.165) is 26.1 Å². The van der Waals surface area contributed by atoms with Crippen LogP contribution >= 0.6 is 0 Å². The largest absolute Gasteiger partial charge is 0.317 e. The summed E-state index contributed by atoms with van der Waals surface area (Å²) in [6.45, 7) is 5.48. The Bertz CT molecular complexity index is 194. The molecule has 0 saturated heterocycles. The Morgan fingerprint density at radius 2 is 2.15 bits per heavy atom. The zero-order valence-electron chi connectivity index (χ0n) is 8.37. The van der Waals surface area contributed by atoms with Crippen LogP contribution in [0.5, 0.6) is 0 Å². The Morgan fingerprint density at radius 3 is 2.85 bits per heavy atom. The first-order valence-corrected chi connectivity index (χ1v) is 5.11. The van der Waals surface area contributed by atoms with E-state index in [9.17, 15) is 0 Å². The number of aryl methyl sites for hydroxylation is 1. The number of hydrogen-bond acceptors (Lipinski definition) is 2. The molecule has 0 aliphatic carbocycles. The highest BCUT2D eigenvalue weighted by atomic mass is 15.3. The van der Waals surface area contributed by atoms with E-state index in [2.05, 4.69) is 17.3 Å². The molecular formula is C10H19N3. The molecule has 13 heavy (non-hydrogen) atoms. The number of nitrogens with one attached hydrogen (secondary N) is 1. The molecule has 3 heteroatoms. The van der Waals surface area contributed by atoms with Crippen molar-refractivity contribution in [2.45, 2.75) is 32.7 Å². The fraction of sp³-hybridized carbons (Fsp3) is 0.700. The third kappa shape index (κ3) is 4.68. The average molecular weight is 181 g/mol. The lowest BCUT2D eigenvalue weighted by Crippen LogP contribution is -2.18. The Balaban J connectivity index is 1.90. The van der Waals surface area contributed by atoms with Crippen molar-refractivity contribution in [1.82, 2.24) is 15.1 Å². The van der Waals surface area contributed by atoms with E-state index >= 15 is 0 Å². The van der Waals surface area contributed by atoms with E-state index in [1.54, 1.807) is 0 Å². The minimum atomic E-state index is 1.02. The average Bonchev–Trinajstić information content (AvgIpc) is 2.63. The number of aromatic nitrogens is 2. The highest BCUT2D eigenvalue weighted by Gasteiger charge is 1.90. The molecule has 0 aliphatic rings. The summed E-state index contributed by atoms with van der Waals surface area (Å²) in [7, 11) is 0. The van der Waals surface area contributed by atoms with Gasteiger partial charge in [-0.1, -0.05) is 13.3 Å². The van der Waals surface area contributed by atoms with E-state index in [0.29, 0.717) is 0 Å². The quantitative estimate of drug-likeness (QED) is 0.648. The van der Waals surface area contributed by atoms with Gasteiger partial charge in [-0.15, -0.1) is 0 Å². The smallest absolute Gasteiger partial charge is 0.0489 e. The number of rotatable bonds is 7. The van der Waals surface area contributed by atoms with Crippen LogP contribution in [0.4, 0.5) is 0 Å². The summed E-state index contributed by atoms with van der Waals surface area (Å²) in [6, 6.07) is 1.96. The van der Waals surface area contributed by atoms with Gasteiger partial charge in [0.2, 0.25) is 0 Å². The van der Waals surface area contributed by atoms with Crippen LogP contribution in [-0.2, 0) is 6.54 Å². The third-order valence-electron chi connectivity index (χ3n) is 2.01. The second-order valence-corrected chi connectivity index (χ2v) is 3.23. The maximum absolute atomic E-state index is 4.14. The van der Waals surface area contributed by atoms with E-state index in [1.165, 1.54) is 12.8 Å². The van der Waals surface area contributed by atoms with Gasteiger partial charge < -0.3 is 5.32 Å². The van der Waals surface area contributed by atoms with Crippen molar-refractivity contribution in [3.63, 3.8) is 0 Å². The molecule has 1 heterocycles. The van der Waals surface area contributed by atoms with Gasteiger partial charge in [0.1, 0.15) is 0 Å². The first-order chi connectivity index (χ1) is 6.43. The molecule has 1 rings (SSSR count). The second kappa shape index (κ2) is 6.66. The van der Waals surface area contributed by atoms with E-state index in [4.69, 9.17) is 0 Å². The predicted molar refractivity (Wildman–Crippen MR) is 54.6 cm³/mol. The summed E-state index contributed by atoms with van der Waals surface area (Å²) in [5.41, 5.74) is 0. The minimum absolute atomic E-state index is 1.02. The Morgan fingerprint density at radius 1 is 1.31 bits per heavy atom. The Kier molecular flexibility index (Phi) is 5.25. The van der Waals surface area contributed by atoms with Crippen LogP contribution in [0.3, 0.4) is 0 Å². The summed E-state index contributed by atoms with van der Waals surface area (Å²) in [4.78, 5) is 0. The highest BCUT2D eigenvalue weighted by molar-refractivity contribution is 4.77. The Hall–Kier alpha value is -0.830. The van der Waals surface area contributed by atoms with Crippen LogP contribution in [0, 0.1) is 0 Å². The lowest BCUT2D eigenvalue weighted by atomic mass is 10.3. The number of nitrogens with zero attached hydrogens (tertiary/aromatic N) is 2. The van der Waals surface area contributed by atoms with Crippen molar-refractivity contribution in [3.05, 3.63) is 18.5 Å². The molecule has 0 amide bonds. The van der Waals surface area contributed by atoms with Gasteiger partial charge in [-0.05, 0) is 32.0 Å². The van der Waals surface area contributed by atoms with Crippen LogP contribution in [0.15, 0.2) is 18.5 Å². The normalized spacial score (nSPS) is 10.5. The zero-order chi connectivity index (χ0) is 9.36. The van der Waals surface area contributed by atoms with Crippen molar-refractivity contribution in [2.24, 2.45) is 0 Å². The molecule has 1 aromatic rings. The first-order valence-electron chi connectivity index (χ1n) is 5.11. The standard InChI is InChI=1S/C10H19N3/c1-2-3-6-11-7-4-9-13-10-5-8-12-13/h5,8,10-11H,2-4,6-7,9H2,1H3. The van der Waals surface area contributed by atoms with E-state index in [-0.39, 0.29) is 0 Å². The van der Waals surface area contributed by atoms with Crippen molar-refractivity contribution in [2.75, 3.05) is 13.1 Å². The lowest BCUT2D eigenvalue weighted by Gasteiger charge is -2.03. The maximum atomic E-state index is 4.14. The first kappa shape index (κ1) is 10.3. The van der Waals surface area contributed by atoms with Crippen LogP contribution in [0.2, 0.25) is 0 Å². The van der Waals surface area contributed by atoms with Crippen molar-refractivity contribution >= 4 is 0 Å². The van der Waals surface area contributed by atoms with Crippen molar-refractivity contribution in [3.8, 4) is 0 Å². The Labute approximate surface area is 80.1 Å². The van der Waals surface area contributed by atoms with Gasteiger partial charge >= 0.3 is 0 Å². The molecule has 0 unspecified atom stereocenters. The van der Waals surface area contributed by atoms with Crippen molar-refractivity contribution < 1.29 is 0 Å². The summed E-state index contributed by atoms with van der Waals surface area (Å²) >= 11 is 0. The molecule has 0 fully saturated rings. The van der Waals surface area contributed by atoms with Crippen LogP contribution < -0.4 is 5.32 Å². The van der Waals surface area contributed by atoms with Gasteiger partial charge in [-0.25, -0.2) is 0 Å². The fourth-order valence-electron chi connectivity index (χ4n) is 1.23. The van der Waals surface area contributed by atoms with Gasteiger partial charge in [0, 0.05) is 18.9 Å². The van der Waals surface area contributed by atoms with Gasteiger partial charge in [0.25, 0.3) is 0 Å². The molecule has 0 spiro atoms. The van der Waals surface area contributed by atoms with Crippen LogP contribution in [0.1, 0.15) is 26.2 Å². The second-order valence-electron chi connectivity index (χ2n) is 3.23. The predicted octanol–water partition coefficient (Wildman–Crippen LogP) is 1.66. The number of unbranched alkanes of at least 4 members (excludes halogenated alkanes) is 1. The molecule has 0 bridgehead atoms. The minimum Gasteiger partial charge on any atom is -0.317 e. The van der Waals surface area contributed by atoms with Crippen LogP contribution in [-0.4, -0.2) is 22.9 Å². The van der Waals surface area contributed by atoms with Crippen LogP contribution in [0.25, 0.3) is 0 Å². The molecular weight excluding hydrogens is 162 g/mol. The molecule has 0 aromatic carbocycles. The molecule has 74 valence electrons. The topological polar surface area (TPSA) is 29.9 Å². The number of hydrogen-bond donors (Lipinski definition) is 1. The van der Waals surface area contributed by atoms with Crippen molar-refractivity contribution in [1.29, 1.82) is 0 Å². The monoisotopic (exact) mass is 181 g/mol. The van der Waals surface area contributed by atoms with Gasteiger partial charge in [0.15, 0.2) is 0 Å². The fourth-order valence-corrected chi connectivity index (χ4v) is 1.23. The van der Waals surface area contributed by atoms with Gasteiger partial charge in [-0.2, -0.15) is 5.10 Å². The van der Waals surface area contributed by atoms with Gasteiger partial charge in [-0.3, -0.25) is 4.68 Å². The molecule has 0 radical (unpaired) electrons. The molecule has 0 aliphatic heterocycles. The molecule has 1 aromatic heterocycles. The summed E-state index contributed by atoms with van der Waals surface area (Å²) in [5, 5.41) is 7.55. The van der Waals surface area contributed by atoms with E-state index in [1.807, 2.05) is 23.1 Å².